The van der Waals surface area contributed by atoms with E-state index < -0.39 is 0 Å². The van der Waals surface area contributed by atoms with E-state index in [1.54, 1.807) is 4.68 Å². The largest absolute Gasteiger partial charge is 0.377 e. The summed E-state index contributed by atoms with van der Waals surface area (Å²) in [5.41, 5.74) is 1.03. The average molecular weight is 323 g/mol. The smallest absolute Gasteiger partial charge is 0.239 e. The minimum Gasteiger partial charge on any atom is -0.377 e. The SMILES string of the molecule is Cc1cc(NC(=O)CN2CCN(CCOC(C)C)CC2)nn1C. The maximum Gasteiger partial charge on any atom is 0.239 e. The summed E-state index contributed by atoms with van der Waals surface area (Å²) in [6.07, 6.45) is 0.287. The van der Waals surface area contributed by atoms with Crippen LogP contribution in [-0.4, -0.2) is 77.5 Å². The molecule has 130 valence electrons. The number of rotatable bonds is 7. The Kier molecular flexibility index (Phi) is 6.56. The summed E-state index contributed by atoms with van der Waals surface area (Å²) in [7, 11) is 1.87. The third-order valence-corrected chi connectivity index (χ3v) is 4.07. The van der Waals surface area contributed by atoms with Gasteiger partial charge in [0.15, 0.2) is 5.82 Å². The van der Waals surface area contributed by atoms with E-state index in [9.17, 15) is 4.79 Å². The van der Waals surface area contributed by atoms with E-state index >= 15 is 0 Å². The summed E-state index contributed by atoms with van der Waals surface area (Å²) in [5, 5.41) is 7.11. The minimum absolute atomic E-state index is 0.000286. The van der Waals surface area contributed by atoms with Crippen LogP contribution in [0.1, 0.15) is 19.5 Å². The molecule has 2 rings (SSSR count). The van der Waals surface area contributed by atoms with E-state index in [0.29, 0.717) is 12.4 Å². The van der Waals surface area contributed by atoms with Crippen LogP contribution in [0.3, 0.4) is 0 Å². The van der Waals surface area contributed by atoms with Crippen molar-refractivity contribution in [2.45, 2.75) is 26.9 Å². The van der Waals surface area contributed by atoms with E-state index in [0.717, 1.165) is 45.0 Å². The number of hydrogen-bond donors (Lipinski definition) is 1. The molecule has 7 heteroatoms. The fourth-order valence-electron chi connectivity index (χ4n) is 2.60. The van der Waals surface area contributed by atoms with E-state index in [1.165, 1.54) is 0 Å². The molecule has 2 heterocycles. The second-order valence-electron chi connectivity index (χ2n) is 6.38. The second kappa shape index (κ2) is 8.42. The monoisotopic (exact) mass is 323 g/mol. The quantitative estimate of drug-likeness (QED) is 0.801. The first-order valence-corrected chi connectivity index (χ1v) is 8.31. The van der Waals surface area contributed by atoms with Gasteiger partial charge in [-0.25, -0.2) is 0 Å². The normalized spacial score (nSPS) is 16.9. The first kappa shape index (κ1) is 17.9. The van der Waals surface area contributed by atoms with Gasteiger partial charge in [-0.05, 0) is 20.8 Å². The third-order valence-electron chi connectivity index (χ3n) is 4.07. The van der Waals surface area contributed by atoms with Crippen molar-refractivity contribution in [1.82, 2.24) is 19.6 Å². The lowest BCUT2D eigenvalue weighted by molar-refractivity contribution is -0.117. The Balaban J connectivity index is 1.66. The molecule has 0 saturated carbocycles. The first-order chi connectivity index (χ1) is 10.9. The van der Waals surface area contributed by atoms with Crippen molar-refractivity contribution < 1.29 is 9.53 Å². The van der Waals surface area contributed by atoms with E-state index in [1.807, 2.05) is 20.0 Å². The molecule has 0 aliphatic carbocycles. The molecule has 0 unspecified atom stereocenters. The van der Waals surface area contributed by atoms with Gasteiger partial charge in [0.25, 0.3) is 0 Å². The van der Waals surface area contributed by atoms with Crippen molar-refractivity contribution >= 4 is 11.7 Å². The van der Waals surface area contributed by atoms with E-state index in [2.05, 4.69) is 34.1 Å². The molecule has 1 aromatic heterocycles. The van der Waals surface area contributed by atoms with Gasteiger partial charge < -0.3 is 10.1 Å². The highest BCUT2D eigenvalue weighted by Crippen LogP contribution is 2.07. The van der Waals surface area contributed by atoms with Gasteiger partial charge in [0, 0.05) is 51.5 Å². The number of hydrogen-bond acceptors (Lipinski definition) is 5. The van der Waals surface area contributed by atoms with E-state index in [4.69, 9.17) is 4.74 Å². The molecule has 1 fully saturated rings. The molecule has 1 aromatic rings. The highest BCUT2D eigenvalue weighted by atomic mass is 16.5. The molecular formula is C16H29N5O2. The number of piperazine rings is 1. The zero-order chi connectivity index (χ0) is 16.8. The van der Waals surface area contributed by atoms with Crippen LogP contribution in [0.15, 0.2) is 6.07 Å². The summed E-state index contributed by atoms with van der Waals surface area (Å²) in [6, 6.07) is 1.88. The molecule has 0 aromatic carbocycles. The predicted molar refractivity (Wildman–Crippen MR) is 90.5 cm³/mol. The lowest BCUT2D eigenvalue weighted by Gasteiger charge is -2.34. The molecule has 1 amide bonds. The minimum atomic E-state index is -0.000286. The zero-order valence-electron chi connectivity index (χ0n) is 14.7. The van der Waals surface area contributed by atoms with Gasteiger partial charge in [-0.15, -0.1) is 0 Å². The fraction of sp³-hybridized carbons (Fsp3) is 0.750. The van der Waals surface area contributed by atoms with Crippen molar-refractivity contribution in [1.29, 1.82) is 0 Å². The van der Waals surface area contributed by atoms with Crippen LogP contribution in [0.5, 0.6) is 0 Å². The number of carbonyl (C=O) groups excluding carboxylic acids is 1. The topological polar surface area (TPSA) is 62.6 Å². The van der Waals surface area contributed by atoms with Crippen LogP contribution in [0.2, 0.25) is 0 Å². The molecular weight excluding hydrogens is 294 g/mol. The lowest BCUT2D eigenvalue weighted by atomic mass is 10.3. The number of anilines is 1. The zero-order valence-corrected chi connectivity index (χ0v) is 14.7. The molecule has 7 nitrogen and oxygen atoms in total. The molecule has 23 heavy (non-hydrogen) atoms. The number of nitrogens with one attached hydrogen (secondary N) is 1. The maximum atomic E-state index is 12.1. The number of nitrogens with zero attached hydrogens (tertiary/aromatic N) is 4. The molecule has 1 saturated heterocycles. The molecule has 0 bridgehead atoms. The number of aryl methyl sites for hydroxylation is 2. The lowest BCUT2D eigenvalue weighted by Crippen LogP contribution is -2.49. The van der Waals surface area contributed by atoms with Crippen molar-refractivity contribution in [3.63, 3.8) is 0 Å². The van der Waals surface area contributed by atoms with Crippen molar-refractivity contribution in [2.75, 3.05) is 51.2 Å². The van der Waals surface area contributed by atoms with Gasteiger partial charge in [-0.3, -0.25) is 19.3 Å². The predicted octanol–water partition coefficient (Wildman–Crippen LogP) is 0.710. The Morgan fingerprint density at radius 1 is 1.30 bits per heavy atom. The van der Waals surface area contributed by atoms with Crippen LogP contribution in [0, 0.1) is 6.92 Å². The van der Waals surface area contributed by atoms with Gasteiger partial charge in [-0.2, -0.15) is 5.10 Å². The van der Waals surface area contributed by atoms with Gasteiger partial charge in [0.2, 0.25) is 5.91 Å². The average Bonchev–Trinajstić information content (AvgIpc) is 2.78. The van der Waals surface area contributed by atoms with Crippen molar-refractivity contribution in [2.24, 2.45) is 7.05 Å². The third kappa shape index (κ3) is 5.93. The first-order valence-electron chi connectivity index (χ1n) is 8.31. The highest BCUT2D eigenvalue weighted by Gasteiger charge is 2.19. The second-order valence-corrected chi connectivity index (χ2v) is 6.38. The summed E-state index contributed by atoms with van der Waals surface area (Å²) < 4.78 is 7.34. The fourth-order valence-corrected chi connectivity index (χ4v) is 2.60. The Bertz CT molecular complexity index is 487. The number of ether oxygens (including phenoxy) is 1. The van der Waals surface area contributed by atoms with Crippen LogP contribution in [0.4, 0.5) is 5.82 Å². The van der Waals surface area contributed by atoms with Crippen LogP contribution < -0.4 is 5.32 Å². The van der Waals surface area contributed by atoms with E-state index in [-0.39, 0.29) is 12.0 Å². The Morgan fingerprint density at radius 2 is 1.96 bits per heavy atom. The summed E-state index contributed by atoms with van der Waals surface area (Å²) in [6.45, 7) is 12.0. The van der Waals surface area contributed by atoms with Gasteiger partial charge in [0.1, 0.15) is 0 Å². The summed E-state index contributed by atoms with van der Waals surface area (Å²) in [5.74, 6) is 0.624. The highest BCUT2D eigenvalue weighted by molar-refractivity contribution is 5.91. The Labute approximate surface area is 138 Å². The van der Waals surface area contributed by atoms with Crippen LogP contribution in [0.25, 0.3) is 0 Å². The Morgan fingerprint density at radius 3 is 2.52 bits per heavy atom. The van der Waals surface area contributed by atoms with Crippen LogP contribution >= 0.6 is 0 Å². The number of amides is 1. The number of carbonyl (C=O) groups is 1. The van der Waals surface area contributed by atoms with Gasteiger partial charge >= 0.3 is 0 Å². The molecule has 0 radical (unpaired) electrons. The Hall–Kier alpha value is -1.44. The molecule has 0 atom stereocenters. The van der Waals surface area contributed by atoms with Crippen LogP contribution in [-0.2, 0) is 16.6 Å². The van der Waals surface area contributed by atoms with Crippen molar-refractivity contribution in [3.8, 4) is 0 Å². The van der Waals surface area contributed by atoms with Crippen molar-refractivity contribution in [3.05, 3.63) is 11.8 Å². The molecule has 1 aliphatic rings. The molecule has 0 spiro atoms. The molecule has 1 aliphatic heterocycles. The molecule has 1 N–H and O–H groups in total. The van der Waals surface area contributed by atoms with Gasteiger partial charge in [-0.1, -0.05) is 0 Å². The maximum absolute atomic E-state index is 12.1. The standard InChI is InChI=1S/C16H29N5O2/c1-13(2)23-10-9-20-5-7-21(8-6-20)12-16(22)17-15-11-14(3)19(4)18-15/h11,13H,5-10,12H2,1-4H3,(H,17,18,22). The number of aromatic nitrogens is 2. The van der Waals surface area contributed by atoms with Gasteiger partial charge in [0.05, 0.1) is 19.3 Å². The summed E-state index contributed by atoms with van der Waals surface area (Å²) in [4.78, 5) is 16.7. The summed E-state index contributed by atoms with van der Waals surface area (Å²) >= 11 is 0.